The van der Waals surface area contributed by atoms with E-state index in [4.69, 9.17) is 0 Å². The first kappa shape index (κ1) is 16.8. The lowest BCUT2D eigenvalue weighted by molar-refractivity contribution is 0.0126. The average Bonchev–Trinajstić information content (AvgIpc) is 2.73. The molecule has 21 heavy (non-hydrogen) atoms. The Balaban J connectivity index is 0.000000155. The number of aliphatic hydroxyl groups excluding tert-OH is 1. The molecule has 2 fully saturated rings. The van der Waals surface area contributed by atoms with Crippen molar-refractivity contribution in [3.8, 4) is 0 Å². The van der Waals surface area contributed by atoms with E-state index in [0.29, 0.717) is 5.41 Å². The van der Waals surface area contributed by atoms with Gasteiger partial charge in [-0.05, 0) is 75.0 Å². The number of allylic oxidation sites excluding steroid dienone is 3. The lowest BCUT2D eigenvalue weighted by Gasteiger charge is -2.36. The number of aliphatic hydroxyl groups is 1. The molecular weight excluding hydrogens is 256 g/mol. The first-order valence-corrected chi connectivity index (χ1v) is 8.67. The van der Waals surface area contributed by atoms with Crippen LogP contribution in [0.25, 0.3) is 0 Å². The van der Waals surface area contributed by atoms with Crippen LogP contribution in [0.4, 0.5) is 0 Å². The zero-order valence-corrected chi connectivity index (χ0v) is 14.7. The molecule has 1 N–H and O–H groups in total. The van der Waals surface area contributed by atoms with Crippen LogP contribution in [0.5, 0.6) is 0 Å². The number of hydrogen-bond acceptors (Lipinski definition) is 1. The van der Waals surface area contributed by atoms with Crippen LogP contribution in [0, 0.1) is 22.7 Å². The lowest BCUT2D eigenvalue weighted by Crippen LogP contribution is -2.35. The molecule has 1 heteroatoms. The molecule has 0 aromatic carbocycles. The SMILES string of the molecule is C=C(C)C1CC=C(C)CC1.CC1(C)[C@@H]2CC[C@@]1(C)[C@@H](O)C2. The third kappa shape index (κ3) is 2.99. The van der Waals surface area contributed by atoms with Gasteiger partial charge in [0.05, 0.1) is 6.10 Å². The second-order valence-electron chi connectivity index (χ2n) is 8.49. The van der Waals surface area contributed by atoms with E-state index in [2.05, 4.69) is 47.3 Å². The van der Waals surface area contributed by atoms with Gasteiger partial charge in [0.25, 0.3) is 0 Å². The minimum absolute atomic E-state index is 0.0313. The second kappa shape index (κ2) is 5.91. The molecule has 0 saturated heterocycles. The van der Waals surface area contributed by atoms with Gasteiger partial charge in [-0.25, -0.2) is 0 Å². The third-order valence-electron chi connectivity index (χ3n) is 7.08. The fraction of sp³-hybridized carbons (Fsp3) is 0.800. The molecule has 0 heterocycles. The fourth-order valence-corrected chi connectivity index (χ4v) is 4.57. The standard InChI is InChI=1S/C10H18O.C10H16/c1-9(2)7-4-5-10(9,3)8(11)6-7;1-8(2)10-6-4-9(3)5-7-10/h7-8,11H,4-6H2,1-3H3;4,10H,1,5-7H2,2-3H3/t7-,8+,10+;/m1./s1. The summed E-state index contributed by atoms with van der Waals surface area (Å²) in [6.07, 6.45) is 9.74. The van der Waals surface area contributed by atoms with Gasteiger partial charge >= 0.3 is 0 Å². The number of fused-ring (bicyclic) bond motifs is 2. The summed E-state index contributed by atoms with van der Waals surface area (Å²) < 4.78 is 0. The van der Waals surface area contributed by atoms with Crippen molar-refractivity contribution in [1.82, 2.24) is 0 Å². The van der Waals surface area contributed by atoms with E-state index >= 15 is 0 Å². The largest absolute Gasteiger partial charge is 0.393 e. The molecule has 3 rings (SSSR count). The molecule has 2 bridgehead atoms. The van der Waals surface area contributed by atoms with Crippen LogP contribution in [0.2, 0.25) is 0 Å². The van der Waals surface area contributed by atoms with Crippen molar-refractivity contribution in [3.05, 3.63) is 23.8 Å². The molecular formula is C20H34O. The van der Waals surface area contributed by atoms with Gasteiger partial charge in [0.1, 0.15) is 0 Å². The predicted octanol–water partition coefficient (Wildman–Crippen LogP) is 5.50. The highest BCUT2D eigenvalue weighted by Crippen LogP contribution is 2.65. The van der Waals surface area contributed by atoms with Crippen molar-refractivity contribution in [2.45, 2.75) is 79.2 Å². The van der Waals surface area contributed by atoms with Crippen molar-refractivity contribution in [2.75, 3.05) is 0 Å². The molecule has 0 aliphatic heterocycles. The first-order valence-electron chi connectivity index (χ1n) is 8.67. The number of rotatable bonds is 1. The molecule has 4 atom stereocenters. The zero-order valence-electron chi connectivity index (χ0n) is 14.7. The molecule has 3 aliphatic rings. The van der Waals surface area contributed by atoms with Gasteiger partial charge in [-0.1, -0.05) is 44.6 Å². The maximum Gasteiger partial charge on any atom is 0.0601 e. The predicted molar refractivity (Wildman–Crippen MR) is 91.1 cm³/mol. The van der Waals surface area contributed by atoms with E-state index in [1.807, 2.05) is 0 Å². The van der Waals surface area contributed by atoms with E-state index in [1.54, 1.807) is 5.57 Å². The Labute approximate surface area is 131 Å². The highest BCUT2D eigenvalue weighted by Gasteiger charge is 2.60. The summed E-state index contributed by atoms with van der Waals surface area (Å²) in [5.74, 6) is 1.55. The van der Waals surface area contributed by atoms with Gasteiger partial charge in [-0.3, -0.25) is 0 Å². The molecule has 0 aromatic heterocycles. The Kier molecular flexibility index (Phi) is 4.73. The van der Waals surface area contributed by atoms with Crippen molar-refractivity contribution in [2.24, 2.45) is 22.7 Å². The van der Waals surface area contributed by atoms with Crippen LogP contribution in [0.1, 0.15) is 73.1 Å². The summed E-state index contributed by atoms with van der Waals surface area (Å²) in [5.41, 5.74) is 3.51. The summed E-state index contributed by atoms with van der Waals surface area (Å²) in [6, 6.07) is 0. The molecule has 2 saturated carbocycles. The fourth-order valence-electron chi connectivity index (χ4n) is 4.57. The Morgan fingerprint density at radius 1 is 1.29 bits per heavy atom. The smallest absolute Gasteiger partial charge is 0.0601 e. The van der Waals surface area contributed by atoms with Crippen LogP contribution in [-0.2, 0) is 0 Å². The van der Waals surface area contributed by atoms with E-state index in [9.17, 15) is 5.11 Å². The Bertz CT molecular complexity index is 431. The van der Waals surface area contributed by atoms with Crippen LogP contribution in [0.15, 0.2) is 23.8 Å². The lowest BCUT2D eigenvalue weighted by atomic mass is 9.70. The maximum absolute atomic E-state index is 9.81. The zero-order chi connectivity index (χ0) is 15.8. The molecule has 1 unspecified atom stereocenters. The van der Waals surface area contributed by atoms with Gasteiger partial charge in [-0.2, -0.15) is 0 Å². The van der Waals surface area contributed by atoms with Crippen molar-refractivity contribution in [3.63, 3.8) is 0 Å². The summed E-state index contributed by atoms with van der Waals surface area (Å²) >= 11 is 0. The summed E-state index contributed by atoms with van der Waals surface area (Å²) in [6.45, 7) is 15.2. The highest BCUT2D eigenvalue weighted by molar-refractivity contribution is 5.10. The quantitative estimate of drug-likeness (QED) is 0.632. The van der Waals surface area contributed by atoms with Crippen molar-refractivity contribution >= 4 is 0 Å². The third-order valence-corrected chi connectivity index (χ3v) is 7.08. The molecule has 0 spiro atoms. The van der Waals surface area contributed by atoms with E-state index < -0.39 is 0 Å². The topological polar surface area (TPSA) is 20.2 Å². The van der Waals surface area contributed by atoms with Crippen molar-refractivity contribution < 1.29 is 5.11 Å². The van der Waals surface area contributed by atoms with Gasteiger partial charge in [-0.15, -0.1) is 0 Å². The van der Waals surface area contributed by atoms with Crippen molar-refractivity contribution in [1.29, 1.82) is 0 Å². The summed E-state index contributed by atoms with van der Waals surface area (Å²) in [7, 11) is 0. The van der Waals surface area contributed by atoms with Crippen LogP contribution < -0.4 is 0 Å². The molecule has 1 nitrogen and oxygen atoms in total. The Hall–Kier alpha value is -0.560. The van der Waals surface area contributed by atoms with Crippen LogP contribution in [-0.4, -0.2) is 11.2 Å². The van der Waals surface area contributed by atoms with Gasteiger partial charge < -0.3 is 5.11 Å². The van der Waals surface area contributed by atoms with E-state index in [-0.39, 0.29) is 11.5 Å². The van der Waals surface area contributed by atoms with Crippen LogP contribution >= 0.6 is 0 Å². The minimum atomic E-state index is -0.0313. The van der Waals surface area contributed by atoms with Gasteiger partial charge in [0.2, 0.25) is 0 Å². The summed E-state index contributed by atoms with van der Waals surface area (Å²) in [5, 5.41) is 9.81. The molecule has 120 valence electrons. The van der Waals surface area contributed by atoms with E-state index in [0.717, 1.165) is 18.3 Å². The Morgan fingerprint density at radius 3 is 2.24 bits per heavy atom. The van der Waals surface area contributed by atoms with Gasteiger partial charge in [0.15, 0.2) is 0 Å². The molecule has 0 radical (unpaired) electrons. The Morgan fingerprint density at radius 2 is 1.95 bits per heavy atom. The average molecular weight is 290 g/mol. The summed E-state index contributed by atoms with van der Waals surface area (Å²) in [4.78, 5) is 0. The van der Waals surface area contributed by atoms with Gasteiger partial charge in [0, 0.05) is 0 Å². The monoisotopic (exact) mass is 290 g/mol. The molecule has 0 aromatic rings. The first-order chi connectivity index (χ1) is 9.68. The number of hydrogen-bond donors (Lipinski definition) is 1. The van der Waals surface area contributed by atoms with E-state index in [1.165, 1.54) is 37.7 Å². The minimum Gasteiger partial charge on any atom is -0.393 e. The normalized spacial score (nSPS) is 40.3. The molecule has 0 amide bonds. The maximum atomic E-state index is 9.81. The van der Waals surface area contributed by atoms with Crippen LogP contribution in [0.3, 0.4) is 0 Å². The second-order valence-corrected chi connectivity index (χ2v) is 8.49. The molecule has 3 aliphatic carbocycles. The highest BCUT2D eigenvalue weighted by atomic mass is 16.3.